The molecule has 1 amide bonds. The number of ether oxygens (including phenoxy) is 4. The van der Waals surface area contributed by atoms with Gasteiger partial charge in [-0.1, -0.05) is 48.5 Å². The van der Waals surface area contributed by atoms with E-state index in [2.05, 4.69) is 0 Å². The molecule has 0 aliphatic carbocycles. The van der Waals surface area contributed by atoms with Crippen LogP contribution >= 0.6 is 0 Å². The molecule has 1 spiro atoms. The second-order valence-electron chi connectivity index (χ2n) is 8.52. The maximum atomic E-state index is 14.4. The minimum atomic E-state index is -2.07. The summed E-state index contributed by atoms with van der Waals surface area (Å²) in [5, 5.41) is 0. The number of hydrogen-bond acceptors (Lipinski definition) is 9. The highest BCUT2D eigenvalue weighted by Gasteiger charge is 2.64. The predicted octanol–water partition coefficient (Wildman–Crippen LogP) is 2.62. The van der Waals surface area contributed by atoms with E-state index in [1.165, 1.54) is 11.8 Å². The first kappa shape index (κ1) is 26.5. The van der Waals surface area contributed by atoms with Gasteiger partial charge in [0.1, 0.15) is 35.5 Å². The molecule has 0 saturated heterocycles. The van der Waals surface area contributed by atoms with Crippen LogP contribution in [0.5, 0.6) is 0 Å². The van der Waals surface area contributed by atoms with Crippen molar-refractivity contribution >= 4 is 29.5 Å². The molecule has 2 N–H and O–H groups in total. The second kappa shape index (κ2) is 10.8. The highest BCUT2D eigenvalue weighted by Crippen LogP contribution is 2.54. The lowest BCUT2D eigenvalue weighted by molar-refractivity contribution is -0.144. The molecular formula is C28H28N2O8. The van der Waals surface area contributed by atoms with E-state index in [0.717, 1.165) is 0 Å². The number of carbonyl (C=O) groups excluding carboxylic acids is 4. The van der Waals surface area contributed by atoms with Crippen LogP contribution in [0.25, 0.3) is 0 Å². The van der Waals surface area contributed by atoms with Crippen LogP contribution in [-0.4, -0.2) is 43.6 Å². The molecule has 198 valence electrons. The van der Waals surface area contributed by atoms with Crippen molar-refractivity contribution in [2.75, 3.05) is 24.7 Å². The van der Waals surface area contributed by atoms with Gasteiger partial charge in [0.05, 0.1) is 13.2 Å². The van der Waals surface area contributed by atoms with E-state index < -0.39 is 35.8 Å². The van der Waals surface area contributed by atoms with Crippen LogP contribution in [0.15, 0.2) is 77.4 Å². The van der Waals surface area contributed by atoms with Gasteiger partial charge in [0.25, 0.3) is 0 Å². The fourth-order valence-corrected chi connectivity index (χ4v) is 4.82. The molecule has 2 heterocycles. The lowest BCUT2D eigenvalue weighted by Crippen LogP contribution is -2.51. The molecule has 0 saturated carbocycles. The third-order valence-electron chi connectivity index (χ3n) is 6.27. The second-order valence-corrected chi connectivity index (χ2v) is 8.52. The number of esters is 3. The van der Waals surface area contributed by atoms with E-state index in [9.17, 15) is 19.2 Å². The van der Waals surface area contributed by atoms with E-state index >= 15 is 0 Å². The van der Waals surface area contributed by atoms with Gasteiger partial charge in [-0.3, -0.25) is 14.5 Å². The molecule has 2 aromatic carbocycles. The smallest absolute Gasteiger partial charge is 0.341 e. The third kappa shape index (κ3) is 4.38. The fraction of sp³-hybridized carbons (Fsp3) is 0.286. The Morgan fingerprint density at radius 1 is 0.895 bits per heavy atom. The molecule has 0 unspecified atom stereocenters. The summed E-state index contributed by atoms with van der Waals surface area (Å²) < 4.78 is 21.6. The summed E-state index contributed by atoms with van der Waals surface area (Å²) in [6.07, 6.45) is 0. The van der Waals surface area contributed by atoms with Crippen LogP contribution in [0, 0.1) is 0 Å². The number of nitrogens with zero attached hydrogens (tertiary/aromatic N) is 1. The Labute approximate surface area is 219 Å². The number of rotatable bonds is 8. The normalized spacial score (nSPS) is 18.3. The van der Waals surface area contributed by atoms with Crippen molar-refractivity contribution in [2.24, 2.45) is 5.73 Å². The maximum absolute atomic E-state index is 14.4. The Bertz CT molecular complexity index is 1350. The summed E-state index contributed by atoms with van der Waals surface area (Å²) in [4.78, 5) is 55.1. The first-order valence-electron chi connectivity index (χ1n) is 12.1. The van der Waals surface area contributed by atoms with Gasteiger partial charge in [0.2, 0.25) is 11.8 Å². The molecule has 4 rings (SSSR count). The first-order valence-corrected chi connectivity index (χ1v) is 12.1. The van der Waals surface area contributed by atoms with Gasteiger partial charge in [0.15, 0.2) is 0 Å². The van der Waals surface area contributed by atoms with Crippen LogP contribution in [0.3, 0.4) is 0 Å². The van der Waals surface area contributed by atoms with E-state index in [0.29, 0.717) is 11.3 Å². The number of anilines is 1. The Balaban J connectivity index is 1.91. The lowest BCUT2D eigenvalue weighted by Gasteiger charge is -2.36. The standard InChI is InChI=1S/C28H28N2O8/c1-4-35-21(31)15-30-20-14-10-9-13-19(20)28(27(30)34)22(25(32)37-16-18-11-7-6-8-12-18)17(3)38-24(29)23(28)26(33)36-5-2/h6-14H,4-5,15-16,29H2,1-3H3/t28-/m0/s1. The Kier molecular flexibility index (Phi) is 7.52. The number of amides is 1. The summed E-state index contributed by atoms with van der Waals surface area (Å²) in [7, 11) is 0. The van der Waals surface area contributed by atoms with Gasteiger partial charge in [-0.15, -0.1) is 0 Å². The lowest BCUT2D eigenvalue weighted by atomic mass is 9.67. The molecule has 1 atom stereocenters. The first-order chi connectivity index (χ1) is 18.3. The van der Waals surface area contributed by atoms with E-state index in [1.807, 2.05) is 6.07 Å². The SMILES string of the molecule is CCOC(=O)CN1C(=O)[C@]2(C(C(=O)OCc3ccccc3)=C(C)OC(N)=C2C(=O)OCC)c2ccccc21. The van der Waals surface area contributed by atoms with Crippen LogP contribution in [0.1, 0.15) is 31.9 Å². The number of nitrogens with two attached hydrogens (primary N) is 1. The molecule has 10 nitrogen and oxygen atoms in total. The Morgan fingerprint density at radius 2 is 1.53 bits per heavy atom. The van der Waals surface area contributed by atoms with Gasteiger partial charge in [-0.25, -0.2) is 9.59 Å². The average molecular weight is 521 g/mol. The highest BCUT2D eigenvalue weighted by atomic mass is 16.5. The molecular weight excluding hydrogens is 492 g/mol. The van der Waals surface area contributed by atoms with Crippen molar-refractivity contribution in [1.29, 1.82) is 0 Å². The molecule has 2 aliphatic heterocycles. The molecule has 10 heteroatoms. The zero-order valence-corrected chi connectivity index (χ0v) is 21.3. The Hall–Kier alpha value is -4.60. The van der Waals surface area contributed by atoms with Gasteiger partial charge in [-0.05, 0) is 32.4 Å². The maximum Gasteiger partial charge on any atom is 0.341 e. The fourth-order valence-electron chi connectivity index (χ4n) is 4.82. The van der Waals surface area contributed by atoms with Crippen molar-refractivity contribution < 1.29 is 38.1 Å². The topological polar surface area (TPSA) is 134 Å². The van der Waals surface area contributed by atoms with Crippen LogP contribution in [0.4, 0.5) is 5.69 Å². The molecule has 2 aromatic rings. The monoisotopic (exact) mass is 520 g/mol. The minimum absolute atomic E-state index is 0.0188. The molecule has 0 bridgehead atoms. The molecule has 0 fully saturated rings. The largest absolute Gasteiger partial charge is 0.465 e. The van der Waals surface area contributed by atoms with Crippen LogP contribution in [-0.2, 0) is 50.1 Å². The Morgan fingerprint density at radius 3 is 2.21 bits per heavy atom. The number of benzene rings is 2. The summed E-state index contributed by atoms with van der Waals surface area (Å²) in [5.74, 6) is -3.65. The van der Waals surface area contributed by atoms with E-state index in [1.54, 1.807) is 62.4 Å². The zero-order chi connectivity index (χ0) is 27.4. The zero-order valence-electron chi connectivity index (χ0n) is 21.3. The third-order valence-corrected chi connectivity index (χ3v) is 6.27. The number of hydrogen-bond donors (Lipinski definition) is 1. The number of fused-ring (bicyclic) bond motifs is 2. The van der Waals surface area contributed by atoms with Gasteiger partial charge >= 0.3 is 17.9 Å². The molecule has 0 radical (unpaired) electrons. The van der Waals surface area contributed by atoms with Crippen molar-refractivity contribution in [1.82, 2.24) is 0 Å². The summed E-state index contributed by atoms with van der Waals surface area (Å²) in [6.45, 7) is 4.24. The number of carbonyl (C=O) groups is 4. The quantitative estimate of drug-likeness (QED) is 0.412. The average Bonchev–Trinajstić information content (AvgIpc) is 3.11. The summed E-state index contributed by atoms with van der Waals surface area (Å²) in [6, 6.07) is 15.5. The van der Waals surface area contributed by atoms with E-state index in [4.69, 9.17) is 24.7 Å². The highest BCUT2D eigenvalue weighted by molar-refractivity contribution is 6.23. The summed E-state index contributed by atoms with van der Waals surface area (Å²) >= 11 is 0. The van der Waals surface area contributed by atoms with Gasteiger partial charge in [0, 0.05) is 11.3 Å². The van der Waals surface area contributed by atoms with E-state index in [-0.39, 0.29) is 48.2 Å². The van der Waals surface area contributed by atoms with Crippen molar-refractivity contribution in [3.8, 4) is 0 Å². The molecule has 0 aromatic heterocycles. The van der Waals surface area contributed by atoms with Gasteiger partial charge in [-0.2, -0.15) is 0 Å². The van der Waals surface area contributed by atoms with Crippen molar-refractivity contribution in [3.63, 3.8) is 0 Å². The predicted molar refractivity (Wildman–Crippen MR) is 135 cm³/mol. The number of para-hydroxylation sites is 1. The number of allylic oxidation sites excluding steroid dienone is 1. The van der Waals surface area contributed by atoms with Crippen molar-refractivity contribution in [3.05, 3.63) is 88.5 Å². The minimum Gasteiger partial charge on any atom is -0.465 e. The molecule has 2 aliphatic rings. The molecule has 38 heavy (non-hydrogen) atoms. The van der Waals surface area contributed by atoms with Crippen LogP contribution in [0.2, 0.25) is 0 Å². The van der Waals surface area contributed by atoms with Gasteiger partial charge < -0.3 is 24.7 Å². The summed E-state index contributed by atoms with van der Waals surface area (Å²) in [5.41, 5.74) is 4.83. The van der Waals surface area contributed by atoms with Crippen molar-refractivity contribution in [2.45, 2.75) is 32.8 Å². The van der Waals surface area contributed by atoms with Crippen LogP contribution < -0.4 is 10.6 Å².